The first-order valence-electron chi connectivity index (χ1n) is 11.6. The first-order valence-corrected chi connectivity index (χ1v) is 11.6. The summed E-state index contributed by atoms with van der Waals surface area (Å²) in [6, 6.07) is 12.6. The van der Waals surface area contributed by atoms with Crippen LogP contribution in [0.5, 0.6) is 0 Å². The number of likely N-dealkylation sites (tertiary alicyclic amines) is 1. The zero-order chi connectivity index (χ0) is 22.2. The minimum absolute atomic E-state index is 0. The number of carbonyl (C=O) groups excluding carboxylic acids is 1. The SMILES string of the molecule is CN=C(NCC(=O)N1CCC(Cc2ccccc2)CC1)N1CCN(Cc2ccon2)CC1.I. The molecule has 0 spiro atoms. The largest absolute Gasteiger partial charge is 0.364 e. The second kappa shape index (κ2) is 12.9. The molecule has 0 atom stereocenters. The lowest BCUT2D eigenvalue weighted by atomic mass is 9.90. The minimum Gasteiger partial charge on any atom is -0.364 e. The molecule has 0 unspecified atom stereocenters. The molecular weight excluding hydrogens is 531 g/mol. The predicted molar refractivity (Wildman–Crippen MR) is 140 cm³/mol. The Balaban J connectivity index is 0.00000306. The molecule has 1 aromatic heterocycles. The van der Waals surface area contributed by atoms with Gasteiger partial charge >= 0.3 is 0 Å². The van der Waals surface area contributed by atoms with Crippen molar-refractivity contribution < 1.29 is 9.32 Å². The number of hydrogen-bond acceptors (Lipinski definition) is 5. The van der Waals surface area contributed by atoms with E-state index < -0.39 is 0 Å². The Morgan fingerprint density at radius 2 is 1.79 bits per heavy atom. The molecule has 9 heteroatoms. The van der Waals surface area contributed by atoms with Gasteiger partial charge in [-0.3, -0.25) is 14.7 Å². The van der Waals surface area contributed by atoms with Gasteiger partial charge in [0.05, 0.1) is 12.2 Å². The summed E-state index contributed by atoms with van der Waals surface area (Å²) in [5.74, 6) is 1.63. The van der Waals surface area contributed by atoms with Crippen LogP contribution in [0.15, 0.2) is 52.2 Å². The van der Waals surface area contributed by atoms with E-state index in [0.717, 1.165) is 76.7 Å². The lowest BCUT2D eigenvalue weighted by molar-refractivity contribution is -0.131. The second-order valence-electron chi connectivity index (χ2n) is 8.67. The van der Waals surface area contributed by atoms with Crippen LogP contribution in [0, 0.1) is 5.92 Å². The van der Waals surface area contributed by atoms with E-state index >= 15 is 0 Å². The van der Waals surface area contributed by atoms with E-state index in [9.17, 15) is 4.79 Å². The lowest BCUT2D eigenvalue weighted by Crippen LogP contribution is -2.54. The Morgan fingerprint density at radius 3 is 2.42 bits per heavy atom. The van der Waals surface area contributed by atoms with Gasteiger partial charge in [0.2, 0.25) is 5.91 Å². The van der Waals surface area contributed by atoms with Gasteiger partial charge in [-0.05, 0) is 30.7 Å². The zero-order valence-electron chi connectivity index (χ0n) is 19.4. The summed E-state index contributed by atoms with van der Waals surface area (Å²) in [5.41, 5.74) is 2.35. The average Bonchev–Trinajstić information content (AvgIpc) is 3.34. The molecule has 33 heavy (non-hydrogen) atoms. The van der Waals surface area contributed by atoms with Crippen molar-refractivity contribution in [2.24, 2.45) is 10.9 Å². The third-order valence-corrected chi connectivity index (χ3v) is 6.49. The van der Waals surface area contributed by atoms with E-state index in [4.69, 9.17) is 4.52 Å². The highest BCUT2D eigenvalue weighted by atomic mass is 127. The van der Waals surface area contributed by atoms with Gasteiger partial charge in [0.1, 0.15) is 6.26 Å². The summed E-state index contributed by atoms with van der Waals surface area (Å²) in [5, 5.41) is 7.28. The monoisotopic (exact) mass is 566 g/mol. The molecule has 2 aromatic rings. The molecular formula is C24H35IN6O2. The Hall–Kier alpha value is -2.14. The van der Waals surface area contributed by atoms with Crippen LogP contribution >= 0.6 is 24.0 Å². The number of carbonyl (C=O) groups is 1. The molecule has 2 aliphatic rings. The Kier molecular flexibility index (Phi) is 9.98. The molecule has 0 saturated carbocycles. The van der Waals surface area contributed by atoms with Crippen LogP contribution in [-0.2, 0) is 17.8 Å². The van der Waals surface area contributed by atoms with Gasteiger partial charge in [-0.1, -0.05) is 35.5 Å². The van der Waals surface area contributed by atoms with E-state index in [1.54, 1.807) is 13.3 Å². The fourth-order valence-electron chi connectivity index (χ4n) is 4.60. The first kappa shape index (κ1) is 25.5. The summed E-state index contributed by atoms with van der Waals surface area (Å²) in [6.07, 6.45) is 4.86. The van der Waals surface area contributed by atoms with Gasteiger partial charge in [-0.25, -0.2) is 0 Å². The molecule has 1 aromatic carbocycles. The molecule has 1 N–H and O–H groups in total. The number of piperidine rings is 1. The normalized spacial score (nSPS) is 18.2. The number of hydrogen-bond donors (Lipinski definition) is 1. The molecule has 4 rings (SSSR count). The number of aliphatic imine (C=N–C) groups is 1. The van der Waals surface area contributed by atoms with Crippen LogP contribution in [0.4, 0.5) is 0 Å². The number of piperazine rings is 1. The highest BCUT2D eigenvalue weighted by molar-refractivity contribution is 14.0. The van der Waals surface area contributed by atoms with Gasteiger partial charge in [-0.15, -0.1) is 24.0 Å². The molecule has 0 radical (unpaired) electrons. The van der Waals surface area contributed by atoms with Crippen LogP contribution < -0.4 is 5.32 Å². The number of halogens is 1. The molecule has 0 bridgehead atoms. The van der Waals surface area contributed by atoms with E-state index in [0.29, 0.717) is 12.5 Å². The smallest absolute Gasteiger partial charge is 0.241 e. The molecule has 0 aliphatic carbocycles. The third-order valence-electron chi connectivity index (χ3n) is 6.49. The summed E-state index contributed by atoms with van der Waals surface area (Å²) < 4.78 is 4.92. The molecule has 3 heterocycles. The fraction of sp³-hybridized carbons (Fsp3) is 0.542. The third kappa shape index (κ3) is 7.43. The minimum atomic E-state index is 0. The number of rotatable bonds is 6. The van der Waals surface area contributed by atoms with Gasteiger partial charge < -0.3 is 19.6 Å². The molecule has 2 aliphatic heterocycles. The van der Waals surface area contributed by atoms with Crippen molar-refractivity contribution in [1.29, 1.82) is 0 Å². The average molecular weight is 566 g/mol. The Bertz CT molecular complexity index is 860. The topological polar surface area (TPSA) is 77.2 Å². The van der Waals surface area contributed by atoms with Crippen molar-refractivity contribution in [3.63, 3.8) is 0 Å². The van der Waals surface area contributed by atoms with Gasteiger partial charge in [0, 0.05) is 58.9 Å². The van der Waals surface area contributed by atoms with Gasteiger partial charge in [-0.2, -0.15) is 0 Å². The van der Waals surface area contributed by atoms with Crippen LogP contribution in [0.3, 0.4) is 0 Å². The van der Waals surface area contributed by atoms with Crippen molar-refractivity contribution in [3.05, 3.63) is 53.9 Å². The van der Waals surface area contributed by atoms with Crippen LogP contribution in [-0.4, -0.2) is 84.6 Å². The molecule has 8 nitrogen and oxygen atoms in total. The van der Waals surface area contributed by atoms with Crippen molar-refractivity contribution in [1.82, 2.24) is 25.2 Å². The van der Waals surface area contributed by atoms with E-state index in [2.05, 4.69) is 55.6 Å². The maximum atomic E-state index is 12.8. The van der Waals surface area contributed by atoms with Crippen molar-refractivity contribution in [3.8, 4) is 0 Å². The molecule has 180 valence electrons. The van der Waals surface area contributed by atoms with Gasteiger partial charge in [0.15, 0.2) is 5.96 Å². The lowest BCUT2D eigenvalue weighted by Gasteiger charge is -2.36. The molecule has 1 amide bonds. The summed E-state index contributed by atoms with van der Waals surface area (Å²) in [4.78, 5) is 23.7. The summed E-state index contributed by atoms with van der Waals surface area (Å²) in [6.45, 7) is 6.39. The predicted octanol–water partition coefficient (Wildman–Crippen LogP) is 2.47. The number of nitrogens with zero attached hydrogens (tertiary/aromatic N) is 5. The van der Waals surface area contributed by atoms with Gasteiger partial charge in [0.25, 0.3) is 0 Å². The summed E-state index contributed by atoms with van der Waals surface area (Å²) >= 11 is 0. The van der Waals surface area contributed by atoms with E-state index in [1.165, 1.54) is 5.56 Å². The number of aromatic nitrogens is 1. The molecule has 2 saturated heterocycles. The zero-order valence-corrected chi connectivity index (χ0v) is 21.7. The van der Waals surface area contributed by atoms with Crippen LogP contribution in [0.25, 0.3) is 0 Å². The Labute approximate surface area is 213 Å². The quantitative estimate of drug-likeness (QED) is 0.329. The number of guanidine groups is 1. The van der Waals surface area contributed by atoms with Crippen LogP contribution in [0.1, 0.15) is 24.1 Å². The van der Waals surface area contributed by atoms with Crippen molar-refractivity contribution >= 4 is 35.8 Å². The van der Waals surface area contributed by atoms with Crippen molar-refractivity contribution in [2.75, 3.05) is 52.9 Å². The second-order valence-corrected chi connectivity index (χ2v) is 8.67. The fourth-order valence-corrected chi connectivity index (χ4v) is 4.60. The highest BCUT2D eigenvalue weighted by Gasteiger charge is 2.24. The first-order chi connectivity index (χ1) is 15.7. The number of amides is 1. The van der Waals surface area contributed by atoms with Crippen LogP contribution in [0.2, 0.25) is 0 Å². The van der Waals surface area contributed by atoms with E-state index in [-0.39, 0.29) is 29.9 Å². The molecule has 2 fully saturated rings. The van der Waals surface area contributed by atoms with E-state index in [1.807, 2.05) is 11.0 Å². The maximum absolute atomic E-state index is 12.8. The number of benzene rings is 1. The van der Waals surface area contributed by atoms with Crippen molar-refractivity contribution in [2.45, 2.75) is 25.8 Å². The number of nitrogens with one attached hydrogen (secondary N) is 1. The Morgan fingerprint density at radius 1 is 1.06 bits per heavy atom. The summed E-state index contributed by atoms with van der Waals surface area (Å²) in [7, 11) is 1.78. The highest BCUT2D eigenvalue weighted by Crippen LogP contribution is 2.21. The maximum Gasteiger partial charge on any atom is 0.241 e. The standard InChI is InChI=1S/C24H34N6O2.HI/c1-25-24(30-14-12-28(13-15-30)19-22-9-16-32-27-22)26-18-23(31)29-10-7-21(8-11-29)17-20-5-3-2-4-6-20;/h2-6,9,16,21H,7-8,10-15,17-19H2,1H3,(H,25,26);1H.